The third-order valence-corrected chi connectivity index (χ3v) is 5.63. The summed E-state index contributed by atoms with van der Waals surface area (Å²) in [5.74, 6) is -0.844. The van der Waals surface area contributed by atoms with E-state index in [0.717, 1.165) is 18.9 Å². The molecule has 0 aliphatic heterocycles. The number of benzene rings is 1. The summed E-state index contributed by atoms with van der Waals surface area (Å²) in [6, 6.07) is 3.32. The molecule has 1 aliphatic carbocycles. The molecule has 132 valence electrons. The van der Waals surface area contributed by atoms with Gasteiger partial charge in [0.05, 0.1) is 15.7 Å². The van der Waals surface area contributed by atoms with Gasteiger partial charge in [-0.1, -0.05) is 12.8 Å². The van der Waals surface area contributed by atoms with Crippen LogP contribution in [0.3, 0.4) is 0 Å². The molecule has 1 amide bonds. The molecule has 2 rings (SSSR count). The lowest BCUT2D eigenvalue weighted by molar-refractivity contribution is -0.384. The van der Waals surface area contributed by atoms with Crippen LogP contribution in [0.5, 0.6) is 0 Å². The van der Waals surface area contributed by atoms with Crippen molar-refractivity contribution in [1.82, 2.24) is 4.72 Å². The van der Waals surface area contributed by atoms with Crippen molar-refractivity contribution in [1.29, 1.82) is 0 Å². The van der Waals surface area contributed by atoms with Crippen LogP contribution in [-0.4, -0.2) is 32.3 Å². The molecule has 1 aromatic rings. The van der Waals surface area contributed by atoms with E-state index in [9.17, 15) is 23.3 Å². The van der Waals surface area contributed by atoms with Gasteiger partial charge in [0.15, 0.2) is 0 Å². The fourth-order valence-corrected chi connectivity index (χ4v) is 3.66. The molecular weight excluding hydrogens is 336 g/mol. The maximum absolute atomic E-state index is 11.8. The van der Waals surface area contributed by atoms with Gasteiger partial charge < -0.3 is 11.1 Å². The summed E-state index contributed by atoms with van der Waals surface area (Å²) in [5, 5.41) is 14.3. The van der Waals surface area contributed by atoms with Crippen LogP contribution in [0.15, 0.2) is 23.1 Å². The minimum Gasteiger partial charge on any atom is -0.376 e. The van der Waals surface area contributed by atoms with Crippen LogP contribution in [0.25, 0.3) is 0 Å². The zero-order valence-electron chi connectivity index (χ0n) is 13.2. The van der Waals surface area contributed by atoms with Gasteiger partial charge >= 0.3 is 0 Å². The Morgan fingerprint density at radius 2 is 2.00 bits per heavy atom. The largest absolute Gasteiger partial charge is 0.376 e. The molecule has 0 saturated heterocycles. The summed E-state index contributed by atoms with van der Waals surface area (Å²) in [7, 11) is -2.56. The van der Waals surface area contributed by atoms with E-state index >= 15 is 0 Å². The van der Waals surface area contributed by atoms with E-state index in [0.29, 0.717) is 12.8 Å². The lowest BCUT2D eigenvalue weighted by Crippen LogP contribution is -2.40. The first kappa shape index (κ1) is 18.1. The van der Waals surface area contributed by atoms with Crippen molar-refractivity contribution in [3.8, 4) is 0 Å². The molecule has 10 heteroatoms. The van der Waals surface area contributed by atoms with Crippen molar-refractivity contribution in [2.45, 2.75) is 36.6 Å². The Morgan fingerprint density at radius 3 is 2.58 bits per heavy atom. The zero-order chi connectivity index (χ0) is 17.9. The minimum absolute atomic E-state index is 0.174. The lowest BCUT2D eigenvalue weighted by atomic mass is 9.84. The Labute approximate surface area is 139 Å². The summed E-state index contributed by atoms with van der Waals surface area (Å²) < 4.78 is 25.7. The van der Waals surface area contributed by atoms with Gasteiger partial charge in [-0.25, -0.2) is 13.1 Å². The monoisotopic (exact) mass is 356 g/mol. The van der Waals surface area contributed by atoms with Gasteiger partial charge in [0.2, 0.25) is 15.9 Å². The number of nitro groups is 1. The van der Waals surface area contributed by atoms with E-state index < -0.39 is 26.8 Å². The van der Waals surface area contributed by atoms with Crippen molar-refractivity contribution in [2.24, 2.45) is 11.7 Å². The predicted molar refractivity (Wildman–Crippen MR) is 87.9 cm³/mol. The molecule has 24 heavy (non-hydrogen) atoms. The highest BCUT2D eigenvalue weighted by atomic mass is 32.2. The SMILES string of the molecule is CNS(=O)(=O)c1ccc(N[C@H]2CCCC[C@@H]2C(N)=O)c([N+](=O)[O-])c1. The summed E-state index contributed by atoms with van der Waals surface area (Å²) in [6.07, 6.45) is 3.07. The number of carbonyl (C=O) groups is 1. The minimum atomic E-state index is -3.78. The third kappa shape index (κ3) is 3.82. The smallest absolute Gasteiger partial charge is 0.293 e. The Kier molecular flexibility index (Phi) is 5.40. The van der Waals surface area contributed by atoms with Gasteiger partial charge in [-0.05, 0) is 32.0 Å². The number of nitrogens with zero attached hydrogens (tertiary/aromatic N) is 1. The first-order valence-corrected chi connectivity index (χ1v) is 9.02. The van der Waals surface area contributed by atoms with Crippen molar-refractivity contribution in [3.63, 3.8) is 0 Å². The molecule has 2 atom stereocenters. The first-order valence-electron chi connectivity index (χ1n) is 7.54. The lowest BCUT2D eigenvalue weighted by Gasteiger charge is -2.30. The van der Waals surface area contributed by atoms with Gasteiger partial charge in [-0.3, -0.25) is 14.9 Å². The number of hydrogen-bond acceptors (Lipinski definition) is 6. The molecule has 4 N–H and O–H groups in total. The average molecular weight is 356 g/mol. The molecule has 1 aliphatic rings. The number of anilines is 1. The maximum Gasteiger partial charge on any atom is 0.293 e. The highest BCUT2D eigenvalue weighted by Gasteiger charge is 2.31. The maximum atomic E-state index is 11.8. The zero-order valence-corrected chi connectivity index (χ0v) is 14.0. The van der Waals surface area contributed by atoms with Crippen molar-refractivity contribution in [2.75, 3.05) is 12.4 Å². The van der Waals surface area contributed by atoms with Gasteiger partial charge in [-0.15, -0.1) is 0 Å². The van der Waals surface area contributed by atoms with Crippen LogP contribution < -0.4 is 15.8 Å². The molecule has 0 heterocycles. The fraction of sp³-hybridized carbons (Fsp3) is 0.500. The number of amides is 1. The number of hydrogen-bond donors (Lipinski definition) is 3. The van der Waals surface area contributed by atoms with E-state index in [-0.39, 0.29) is 22.3 Å². The van der Waals surface area contributed by atoms with Crippen molar-refractivity contribution >= 4 is 27.3 Å². The molecule has 1 aromatic carbocycles. The molecular formula is C14H20N4O5S. The number of nitro benzene ring substituents is 1. The number of carbonyl (C=O) groups excluding carboxylic acids is 1. The van der Waals surface area contributed by atoms with E-state index in [1.54, 1.807) is 0 Å². The predicted octanol–water partition coefficient (Wildman–Crippen LogP) is 0.959. The van der Waals surface area contributed by atoms with Gasteiger partial charge in [0.25, 0.3) is 5.69 Å². The Bertz CT molecular complexity index is 750. The van der Waals surface area contributed by atoms with Crippen LogP contribution in [0, 0.1) is 16.0 Å². The molecule has 9 nitrogen and oxygen atoms in total. The Balaban J connectivity index is 2.36. The number of nitrogens with two attached hydrogens (primary N) is 1. The Hall–Kier alpha value is -2.20. The number of sulfonamides is 1. The number of nitrogens with one attached hydrogen (secondary N) is 2. The summed E-state index contributed by atoms with van der Waals surface area (Å²) in [5.41, 5.74) is 5.22. The van der Waals surface area contributed by atoms with E-state index in [4.69, 9.17) is 5.73 Å². The summed E-state index contributed by atoms with van der Waals surface area (Å²) >= 11 is 0. The molecule has 0 aromatic heterocycles. The molecule has 0 radical (unpaired) electrons. The Morgan fingerprint density at radius 1 is 1.33 bits per heavy atom. The normalized spacial score (nSPS) is 21.2. The molecule has 0 unspecified atom stereocenters. The fourth-order valence-electron chi connectivity index (χ4n) is 2.91. The standard InChI is InChI=1S/C14H20N4O5S/c1-16-24(22,23)9-6-7-12(13(8-9)18(20)21)17-11-5-3-2-4-10(11)14(15)19/h6-8,10-11,16-17H,2-5H2,1H3,(H2,15,19)/t10-,11-/m0/s1. The average Bonchev–Trinajstić information content (AvgIpc) is 2.55. The molecule has 1 saturated carbocycles. The second kappa shape index (κ2) is 7.14. The van der Waals surface area contributed by atoms with Crippen molar-refractivity contribution in [3.05, 3.63) is 28.3 Å². The topological polar surface area (TPSA) is 144 Å². The number of rotatable bonds is 6. The first-order chi connectivity index (χ1) is 11.3. The van der Waals surface area contributed by atoms with Crippen LogP contribution >= 0.6 is 0 Å². The van der Waals surface area contributed by atoms with E-state index in [1.165, 1.54) is 19.2 Å². The summed E-state index contributed by atoms with van der Waals surface area (Å²) in [6.45, 7) is 0. The molecule has 0 bridgehead atoms. The van der Waals surface area contributed by atoms with Crippen LogP contribution in [-0.2, 0) is 14.8 Å². The second-order valence-corrected chi connectivity index (χ2v) is 7.57. The van der Waals surface area contributed by atoms with Gasteiger partial charge in [0.1, 0.15) is 5.69 Å². The van der Waals surface area contributed by atoms with Crippen LogP contribution in [0.2, 0.25) is 0 Å². The van der Waals surface area contributed by atoms with Crippen molar-refractivity contribution < 1.29 is 18.1 Å². The van der Waals surface area contributed by atoms with E-state index in [1.807, 2.05) is 0 Å². The van der Waals surface area contributed by atoms with Gasteiger partial charge in [0, 0.05) is 12.1 Å². The van der Waals surface area contributed by atoms with Gasteiger partial charge in [-0.2, -0.15) is 0 Å². The van der Waals surface area contributed by atoms with Crippen LogP contribution in [0.1, 0.15) is 25.7 Å². The number of primary amides is 1. The molecule has 0 spiro atoms. The third-order valence-electron chi connectivity index (χ3n) is 4.22. The highest BCUT2D eigenvalue weighted by molar-refractivity contribution is 7.89. The van der Waals surface area contributed by atoms with Crippen LogP contribution in [0.4, 0.5) is 11.4 Å². The molecule has 1 fully saturated rings. The summed E-state index contributed by atoms with van der Waals surface area (Å²) in [4.78, 5) is 22.0. The second-order valence-electron chi connectivity index (χ2n) is 5.69. The quantitative estimate of drug-likeness (QED) is 0.511. The highest BCUT2D eigenvalue weighted by Crippen LogP contribution is 2.32. The van der Waals surface area contributed by atoms with E-state index in [2.05, 4.69) is 10.0 Å².